The normalized spacial score (nSPS) is 27.2. The second-order valence-corrected chi connectivity index (χ2v) is 7.83. The largest absolute Gasteiger partial charge is 0.462 e. The van der Waals surface area contributed by atoms with Crippen LogP contribution in [-0.4, -0.2) is 69.9 Å². The van der Waals surface area contributed by atoms with Crippen molar-refractivity contribution >= 4 is 16.7 Å². The Morgan fingerprint density at radius 2 is 2.19 bits per heavy atom. The van der Waals surface area contributed by atoms with E-state index in [0.717, 1.165) is 49.1 Å². The standard InChI is InChI=1S/C19H27N5O2/c1-19(25)7-4-10-24(13-19)17-15-11-20-8-6-16(15)21-18(22-17)26-12-14-5-3-9-23(14)2/h6,8,11,14,25H,3-5,7,9-10,12-13H2,1-2H3/t14-,19?/m0/s1. The molecule has 2 aliphatic rings. The van der Waals surface area contributed by atoms with Crippen LogP contribution in [0.2, 0.25) is 0 Å². The summed E-state index contributed by atoms with van der Waals surface area (Å²) in [5.74, 6) is 0.804. The van der Waals surface area contributed by atoms with Crippen LogP contribution in [0.15, 0.2) is 18.5 Å². The van der Waals surface area contributed by atoms with Crippen molar-refractivity contribution in [3.63, 3.8) is 0 Å². The second kappa shape index (κ2) is 6.96. The number of piperidine rings is 1. The highest BCUT2D eigenvalue weighted by atomic mass is 16.5. The van der Waals surface area contributed by atoms with Crippen LogP contribution >= 0.6 is 0 Å². The zero-order valence-corrected chi connectivity index (χ0v) is 15.6. The van der Waals surface area contributed by atoms with E-state index < -0.39 is 5.60 Å². The number of hydrogen-bond donors (Lipinski definition) is 1. The van der Waals surface area contributed by atoms with Crippen LogP contribution in [0.1, 0.15) is 32.6 Å². The van der Waals surface area contributed by atoms with Crippen molar-refractivity contribution in [3.8, 4) is 6.01 Å². The van der Waals surface area contributed by atoms with Gasteiger partial charge in [-0.15, -0.1) is 0 Å². The second-order valence-electron chi connectivity index (χ2n) is 7.83. The van der Waals surface area contributed by atoms with Crippen LogP contribution in [0.5, 0.6) is 6.01 Å². The number of β-amino-alcohol motifs (C(OH)–C–C–N with tert-alkyl or cyclic N) is 1. The molecule has 0 saturated carbocycles. The third-order valence-corrected chi connectivity index (χ3v) is 5.51. The van der Waals surface area contributed by atoms with Gasteiger partial charge in [-0.25, -0.2) is 0 Å². The molecule has 0 aliphatic carbocycles. The first-order valence-electron chi connectivity index (χ1n) is 9.44. The summed E-state index contributed by atoms with van der Waals surface area (Å²) in [7, 11) is 2.13. The summed E-state index contributed by atoms with van der Waals surface area (Å²) in [6.45, 7) is 5.02. The van der Waals surface area contributed by atoms with Gasteiger partial charge in [0.15, 0.2) is 0 Å². The number of rotatable bonds is 4. The monoisotopic (exact) mass is 357 g/mol. The average molecular weight is 357 g/mol. The lowest BCUT2D eigenvalue weighted by molar-refractivity contribution is 0.0447. The van der Waals surface area contributed by atoms with E-state index in [9.17, 15) is 5.11 Å². The van der Waals surface area contributed by atoms with Crippen LogP contribution in [0.3, 0.4) is 0 Å². The molecule has 1 unspecified atom stereocenters. The minimum Gasteiger partial charge on any atom is -0.462 e. The summed E-state index contributed by atoms with van der Waals surface area (Å²) >= 11 is 0. The van der Waals surface area contributed by atoms with E-state index in [1.54, 1.807) is 12.4 Å². The molecule has 2 atom stereocenters. The predicted molar refractivity (Wildman–Crippen MR) is 101 cm³/mol. The van der Waals surface area contributed by atoms with Gasteiger partial charge >= 0.3 is 6.01 Å². The maximum Gasteiger partial charge on any atom is 0.319 e. The first-order valence-corrected chi connectivity index (χ1v) is 9.44. The molecule has 4 rings (SSSR count). The summed E-state index contributed by atoms with van der Waals surface area (Å²) in [6, 6.07) is 2.71. The summed E-state index contributed by atoms with van der Waals surface area (Å²) in [5.41, 5.74) is 0.121. The maximum absolute atomic E-state index is 10.5. The zero-order valence-electron chi connectivity index (χ0n) is 15.6. The number of aromatic nitrogens is 3. The van der Waals surface area contributed by atoms with Crippen LogP contribution in [0, 0.1) is 0 Å². The van der Waals surface area contributed by atoms with Crippen molar-refractivity contribution in [1.29, 1.82) is 0 Å². The van der Waals surface area contributed by atoms with Gasteiger partial charge in [0.25, 0.3) is 0 Å². The number of pyridine rings is 1. The van der Waals surface area contributed by atoms with Crippen LogP contribution in [0.25, 0.3) is 10.9 Å². The Hall–Kier alpha value is -1.99. The van der Waals surface area contributed by atoms with Crippen LogP contribution < -0.4 is 9.64 Å². The molecule has 2 aromatic rings. The molecule has 2 saturated heterocycles. The highest BCUT2D eigenvalue weighted by Gasteiger charge is 2.30. The fraction of sp³-hybridized carbons (Fsp3) is 0.632. The molecule has 7 nitrogen and oxygen atoms in total. The van der Waals surface area contributed by atoms with Gasteiger partial charge < -0.3 is 19.6 Å². The minimum absolute atomic E-state index is 0.407. The van der Waals surface area contributed by atoms with Crippen molar-refractivity contribution in [2.75, 3.05) is 38.2 Å². The average Bonchev–Trinajstić information content (AvgIpc) is 3.03. The molecular formula is C19H27N5O2. The lowest BCUT2D eigenvalue weighted by atomic mass is 9.95. The topological polar surface area (TPSA) is 74.6 Å². The number of hydrogen-bond acceptors (Lipinski definition) is 7. The molecule has 0 amide bonds. The SMILES string of the molecule is CN1CCC[C@H]1COc1nc(N2CCCC(C)(O)C2)c2cnccc2n1. The molecule has 0 aromatic carbocycles. The Labute approximate surface area is 154 Å². The number of likely N-dealkylation sites (tertiary alicyclic amines) is 1. The van der Waals surface area contributed by atoms with Gasteiger partial charge in [0.05, 0.1) is 16.5 Å². The van der Waals surface area contributed by atoms with Gasteiger partial charge in [-0.2, -0.15) is 9.97 Å². The maximum atomic E-state index is 10.5. The predicted octanol–water partition coefficient (Wildman–Crippen LogP) is 1.85. The van der Waals surface area contributed by atoms with E-state index >= 15 is 0 Å². The van der Waals surface area contributed by atoms with Crippen molar-refractivity contribution < 1.29 is 9.84 Å². The van der Waals surface area contributed by atoms with E-state index in [2.05, 4.69) is 26.8 Å². The van der Waals surface area contributed by atoms with E-state index in [1.165, 1.54) is 6.42 Å². The highest BCUT2D eigenvalue weighted by molar-refractivity contribution is 5.89. The molecule has 0 spiro atoms. The number of anilines is 1. The molecule has 140 valence electrons. The summed E-state index contributed by atoms with van der Waals surface area (Å²) in [6.07, 6.45) is 7.63. The molecule has 2 aromatic heterocycles. The molecule has 7 heteroatoms. The molecule has 2 fully saturated rings. The van der Waals surface area contributed by atoms with Crippen LogP contribution in [-0.2, 0) is 0 Å². The van der Waals surface area contributed by atoms with Crippen molar-refractivity contribution in [2.45, 2.75) is 44.2 Å². The van der Waals surface area contributed by atoms with Gasteiger partial charge in [-0.1, -0.05) is 0 Å². The number of ether oxygens (including phenoxy) is 1. The molecule has 0 bridgehead atoms. The summed E-state index contributed by atoms with van der Waals surface area (Å²) < 4.78 is 5.98. The van der Waals surface area contributed by atoms with Crippen molar-refractivity contribution in [2.24, 2.45) is 0 Å². The Morgan fingerprint density at radius 3 is 2.96 bits per heavy atom. The van der Waals surface area contributed by atoms with Crippen LogP contribution in [0.4, 0.5) is 5.82 Å². The number of fused-ring (bicyclic) bond motifs is 1. The minimum atomic E-state index is -0.703. The highest BCUT2D eigenvalue weighted by Crippen LogP contribution is 2.30. The van der Waals surface area contributed by atoms with Gasteiger partial charge in [0.1, 0.15) is 12.4 Å². The smallest absolute Gasteiger partial charge is 0.319 e. The Balaban J connectivity index is 1.62. The van der Waals surface area contributed by atoms with E-state index in [1.807, 2.05) is 13.0 Å². The fourth-order valence-electron chi connectivity index (χ4n) is 4.00. The van der Waals surface area contributed by atoms with Gasteiger partial charge in [-0.05, 0) is 52.3 Å². The molecule has 2 aliphatic heterocycles. The first kappa shape index (κ1) is 17.4. The lowest BCUT2D eigenvalue weighted by Gasteiger charge is -2.37. The Kier molecular flexibility index (Phi) is 4.67. The fourth-order valence-corrected chi connectivity index (χ4v) is 4.00. The zero-order chi connectivity index (χ0) is 18.1. The van der Waals surface area contributed by atoms with E-state index in [-0.39, 0.29) is 0 Å². The summed E-state index contributed by atoms with van der Waals surface area (Å²) in [5, 5.41) is 11.4. The summed E-state index contributed by atoms with van der Waals surface area (Å²) in [4.78, 5) is 18.0. The molecule has 1 N–H and O–H groups in total. The van der Waals surface area contributed by atoms with E-state index in [4.69, 9.17) is 9.72 Å². The van der Waals surface area contributed by atoms with Crippen molar-refractivity contribution in [1.82, 2.24) is 19.9 Å². The third kappa shape index (κ3) is 3.59. The molecular weight excluding hydrogens is 330 g/mol. The number of nitrogens with zero attached hydrogens (tertiary/aromatic N) is 5. The molecule has 4 heterocycles. The quantitative estimate of drug-likeness (QED) is 0.895. The number of aliphatic hydroxyl groups is 1. The molecule has 0 radical (unpaired) electrons. The van der Waals surface area contributed by atoms with Gasteiger partial charge in [-0.3, -0.25) is 4.98 Å². The molecule has 26 heavy (non-hydrogen) atoms. The Morgan fingerprint density at radius 1 is 1.31 bits per heavy atom. The van der Waals surface area contributed by atoms with Gasteiger partial charge in [0, 0.05) is 31.5 Å². The third-order valence-electron chi connectivity index (χ3n) is 5.51. The number of likely N-dealkylation sites (N-methyl/N-ethyl adjacent to an activating group) is 1. The van der Waals surface area contributed by atoms with E-state index in [0.29, 0.717) is 25.2 Å². The Bertz CT molecular complexity index is 782. The first-order chi connectivity index (χ1) is 12.5. The van der Waals surface area contributed by atoms with Gasteiger partial charge in [0.2, 0.25) is 0 Å². The lowest BCUT2D eigenvalue weighted by Crippen LogP contribution is -2.46. The van der Waals surface area contributed by atoms with Crippen molar-refractivity contribution in [3.05, 3.63) is 18.5 Å².